The number of aromatic nitrogens is 1. The number of hydrogen-bond donors (Lipinski definition) is 0. The first-order chi connectivity index (χ1) is 12.7. The van der Waals surface area contributed by atoms with Gasteiger partial charge in [-0.25, -0.2) is 4.98 Å². The number of benzene rings is 2. The molecule has 5 rings (SSSR count). The third-order valence-corrected chi connectivity index (χ3v) is 5.87. The first-order valence-corrected chi connectivity index (χ1v) is 9.80. The molecular formula is C24H24N2. The summed E-state index contributed by atoms with van der Waals surface area (Å²) in [6.07, 6.45) is 6.42. The van der Waals surface area contributed by atoms with Crippen molar-refractivity contribution in [1.82, 2.24) is 4.98 Å². The lowest BCUT2D eigenvalue weighted by atomic mass is 9.95. The summed E-state index contributed by atoms with van der Waals surface area (Å²) in [5.41, 5.74) is 9.62. The molecule has 0 spiro atoms. The molecular weight excluding hydrogens is 316 g/mol. The van der Waals surface area contributed by atoms with Gasteiger partial charge in [0, 0.05) is 22.1 Å². The first kappa shape index (κ1) is 15.7. The molecule has 130 valence electrons. The molecule has 2 aliphatic carbocycles. The Kier molecular flexibility index (Phi) is 3.66. The van der Waals surface area contributed by atoms with E-state index in [1.165, 1.54) is 65.3 Å². The first-order valence-electron chi connectivity index (χ1n) is 9.80. The lowest BCUT2D eigenvalue weighted by Gasteiger charge is -2.19. The molecule has 2 aliphatic rings. The second-order valence-corrected chi connectivity index (χ2v) is 7.85. The second kappa shape index (κ2) is 6.05. The van der Waals surface area contributed by atoms with Crippen molar-refractivity contribution in [3.63, 3.8) is 0 Å². The van der Waals surface area contributed by atoms with E-state index in [2.05, 4.69) is 56.3 Å². The van der Waals surface area contributed by atoms with Gasteiger partial charge in [0.25, 0.3) is 0 Å². The number of rotatable bonds is 1. The molecule has 1 aromatic heterocycles. The van der Waals surface area contributed by atoms with Gasteiger partial charge in [0.05, 0.1) is 23.0 Å². The van der Waals surface area contributed by atoms with Crippen LogP contribution >= 0.6 is 0 Å². The standard InChI is InChI=1S/C24H24N2/c1-15-11-12-19-20(13-15)24-21(23(19)25-18-9-4-3-5-10-18)14-17-8-6-7-16(2)22(17)26-24/h6-8,11-14,18H,3-5,9-10H2,1-2H3. The van der Waals surface area contributed by atoms with E-state index < -0.39 is 0 Å². The van der Waals surface area contributed by atoms with Crippen LogP contribution in [0.25, 0.3) is 22.2 Å². The summed E-state index contributed by atoms with van der Waals surface area (Å²) in [7, 11) is 0. The molecule has 3 aromatic rings. The number of aryl methyl sites for hydroxylation is 2. The van der Waals surface area contributed by atoms with Crippen molar-refractivity contribution in [2.75, 3.05) is 0 Å². The second-order valence-electron chi connectivity index (χ2n) is 7.85. The molecule has 0 unspecified atom stereocenters. The van der Waals surface area contributed by atoms with Crippen LogP contribution in [0, 0.1) is 13.8 Å². The molecule has 0 aliphatic heterocycles. The lowest BCUT2D eigenvalue weighted by molar-refractivity contribution is 0.444. The lowest BCUT2D eigenvalue weighted by Crippen LogP contribution is -2.13. The van der Waals surface area contributed by atoms with Gasteiger partial charge < -0.3 is 0 Å². The number of para-hydroxylation sites is 1. The Morgan fingerprint density at radius 3 is 2.58 bits per heavy atom. The molecule has 1 heterocycles. The number of fused-ring (bicyclic) bond motifs is 4. The fraction of sp³-hybridized carbons (Fsp3) is 0.333. The van der Waals surface area contributed by atoms with Crippen LogP contribution in [0.3, 0.4) is 0 Å². The molecule has 0 N–H and O–H groups in total. The zero-order valence-electron chi connectivity index (χ0n) is 15.5. The zero-order valence-corrected chi connectivity index (χ0v) is 15.5. The SMILES string of the molecule is Cc1ccc2c(c1)-c1nc3c(C)cccc3cc1C2=NC1CCCCC1. The van der Waals surface area contributed by atoms with E-state index in [1.54, 1.807) is 0 Å². The van der Waals surface area contributed by atoms with Crippen molar-refractivity contribution < 1.29 is 0 Å². The van der Waals surface area contributed by atoms with Crippen LogP contribution in [0.4, 0.5) is 0 Å². The molecule has 1 saturated carbocycles. The summed E-state index contributed by atoms with van der Waals surface area (Å²) in [6, 6.07) is 15.9. The van der Waals surface area contributed by atoms with Gasteiger partial charge in [0.2, 0.25) is 0 Å². The monoisotopic (exact) mass is 340 g/mol. The van der Waals surface area contributed by atoms with E-state index in [4.69, 9.17) is 9.98 Å². The van der Waals surface area contributed by atoms with Crippen molar-refractivity contribution in [3.05, 3.63) is 64.7 Å². The van der Waals surface area contributed by atoms with E-state index >= 15 is 0 Å². The minimum atomic E-state index is 0.465. The molecule has 0 bridgehead atoms. The van der Waals surface area contributed by atoms with Crippen molar-refractivity contribution >= 4 is 16.6 Å². The predicted octanol–water partition coefficient (Wildman–Crippen LogP) is 6.00. The Morgan fingerprint density at radius 2 is 1.73 bits per heavy atom. The average Bonchev–Trinajstić information content (AvgIpc) is 2.94. The summed E-state index contributed by atoms with van der Waals surface area (Å²) in [6.45, 7) is 4.30. The van der Waals surface area contributed by atoms with Crippen LogP contribution < -0.4 is 0 Å². The highest BCUT2D eigenvalue weighted by atomic mass is 14.8. The maximum atomic E-state index is 5.25. The summed E-state index contributed by atoms with van der Waals surface area (Å²) in [5, 5.41) is 1.21. The summed E-state index contributed by atoms with van der Waals surface area (Å²) in [5.74, 6) is 0. The van der Waals surface area contributed by atoms with Crippen LogP contribution in [0.15, 0.2) is 47.5 Å². The Balaban J connectivity index is 1.76. The Bertz CT molecular complexity index is 1040. The van der Waals surface area contributed by atoms with Gasteiger partial charge in [-0.05, 0) is 44.4 Å². The van der Waals surface area contributed by atoms with E-state index in [0.29, 0.717) is 6.04 Å². The fourth-order valence-electron chi connectivity index (χ4n) is 4.47. The predicted molar refractivity (Wildman–Crippen MR) is 109 cm³/mol. The van der Waals surface area contributed by atoms with E-state index in [-0.39, 0.29) is 0 Å². The topological polar surface area (TPSA) is 25.2 Å². The van der Waals surface area contributed by atoms with E-state index in [9.17, 15) is 0 Å². The smallest absolute Gasteiger partial charge is 0.0810 e. The Morgan fingerprint density at radius 1 is 0.885 bits per heavy atom. The maximum absolute atomic E-state index is 5.25. The summed E-state index contributed by atoms with van der Waals surface area (Å²) >= 11 is 0. The van der Waals surface area contributed by atoms with Crippen molar-refractivity contribution in [3.8, 4) is 11.3 Å². The molecule has 0 saturated heterocycles. The van der Waals surface area contributed by atoms with Crippen molar-refractivity contribution in [2.45, 2.75) is 52.0 Å². The quantitative estimate of drug-likeness (QED) is 0.417. The van der Waals surface area contributed by atoms with Crippen LogP contribution in [0.5, 0.6) is 0 Å². The zero-order chi connectivity index (χ0) is 17.7. The molecule has 2 aromatic carbocycles. The average molecular weight is 340 g/mol. The van der Waals surface area contributed by atoms with Crippen LogP contribution in [0.1, 0.15) is 54.4 Å². The Labute approximate surface area is 155 Å². The maximum Gasteiger partial charge on any atom is 0.0810 e. The highest BCUT2D eigenvalue weighted by molar-refractivity contribution is 6.25. The summed E-state index contributed by atoms with van der Waals surface area (Å²) < 4.78 is 0. The largest absolute Gasteiger partial charge is 0.281 e. The summed E-state index contributed by atoms with van der Waals surface area (Å²) in [4.78, 5) is 10.4. The van der Waals surface area contributed by atoms with Gasteiger partial charge in [-0.2, -0.15) is 0 Å². The van der Waals surface area contributed by atoms with Gasteiger partial charge in [-0.15, -0.1) is 0 Å². The van der Waals surface area contributed by atoms with Crippen molar-refractivity contribution in [1.29, 1.82) is 0 Å². The van der Waals surface area contributed by atoms with Gasteiger partial charge in [0.1, 0.15) is 0 Å². The normalized spacial score (nSPS) is 18.3. The fourth-order valence-corrected chi connectivity index (χ4v) is 4.47. The molecule has 0 atom stereocenters. The third kappa shape index (κ3) is 2.47. The number of aliphatic imine (C=N–C) groups is 1. The van der Waals surface area contributed by atoms with Crippen LogP contribution in [-0.2, 0) is 0 Å². The molecule has 26 heavy (non-hydrogen) atoms. The molecule has 2 nitrogen and oxygen atoms in total. The molecule has 2 heteroatoms. The van der Waals surface area contributed by atoms with Crippen LogP contribution in [-0.4, -0.2) is 16.7 Å². The van der Waals surface area contributed by atoms with Crippen molar-refractivity contribution in [2.24, 2.45) is 4.99 Å². The molecule has 0 radical (unpaired) electrons. The highest BCUT2D eigenvalue weighted by Gasteiger charge is 2.28. The highest BCUT2D eigenvalue weighted by Crippen LogP contribution is 2.39. The van der Waals surface area contributed by atoms with E-state index in [0.717, 1.165) is 16.9 Å². The Hall–Kier alpha value is -2.48. The number of nitrogens with zero attached hydrogens (tertiary/aromatic N) is 2. The molecule has 0 amide bonds. The minimum absolute atomic E-state index is 0.465. The number of hydrogen-bond acceptors (Lipinski definition) is 2. The third-order valence-electron chi connectivity index (χ3n) is 5.87. The van der Waals surface area contributed by atoms with Gasteiger partial charge in [-0.1, -0.05) is 55.2 Å². The molecule has 1 fully saturated rings. The van der Waals surface area contributed by atoms with Gasteiger partial charge >= 0.3 is 0 Å². The number of pyridine rings is 1. The van der Waals surface area contributed by atoms with Crippen LogP contribution in [0.2, 0.25) is 0 Å². The minimum Gasteiger partial charge on any atom is -0.281 e. The van der Waals surface area contributed by atoms with E-state index in [1.807, 2.05) is 0 Å². The van der Waals surface area contributed by atoms with Gasteiger partial charge in [-0.3, -0.25) is 4.99 Å². The van der Waals surface area contributed by atoms with Gasteiger partial charge in [0.15, 0.2) is 0 Å².